The zero-order valence-electron chi connectivity index (χ0n) is 33.3. The summed E-state index contributed by atoms with van der Waals surface area (Å²) in [6.45, 7) is 2.07. The average molecular weight is 785 g/mol. The van der Waals surface area contributed by atoms with Crippen molar-refractivity contribution in [3.63, 3.8) is 0 Å². The van der Waals surface area contributed by atoms with Crippen LogP contribution in [0.2, 0.25) is 0 Å². The van der Waals surface area contributed by atoms with Crippen molar-refractivity contribution in [3.05, 3.63) is 60.8 Å². The number of carbonyl (C=O) groups excluding carboxylic acids is 2. The van der Waals surface area contributed by atoms with E-state index in [9.17, 15) is 29.3 Å². The van der Waals surface area contributed by atoms with E-state index < -0.39 is 57.9 Å². The molecule has 12 heteroatoms. The number of carbonyl (C=O) groups is 2. The van der Waals surface area contributed by atoms with Crippen molar-refractivity contribution < 1.29 is 52.9 Å². The largest absolute Gasteiger partial charge is 0.472 e. The molecule has 0 aliphatic heterocycles. The lowest BCUT2D eigenvalue weighted by atomic mass is 10.1. The molecule has 11 nitrogen and oxygen atoms in total. The van der Waals surface area contributed by atoms with Gasteiger partial charge in [0.15, 0.2) is 6.10 Å². The fourth-order valence-electron chi connectivity index (χ4n) is 5.08. The first-order valence-corrected chi connectivity index (χ1v) is 21.9. The number of phosphoric ester groups is 1. The van der Waals surface area contributed by atoms with Gasteiger partial charge in [0, 0.05) is 12.8 Å². The van der Waals surface area contributed by atoms with Gasteiger partial charge in [0.2, 0.25) is 0 Å². The first-order chi connectivity index (χ1) is 26.1. The van der Waals surface area contributed by atoms with E-state index >= 15 is 0 Å². The highest BCUT2D eigenvalue weighted by Crippen LogP contribution is 2.43. The molecular formula is C42H73O11P. The lowest BCUT2D eigenvalue weighted by Gasteiger charge is -2.20. The van der Waals surface area contributed by atoms with Crippen LogP contribution in [0, 0.1) is 0 Å². The highest BCUT2D eigenvalue weighted by molar-refractivity contribution is 7.47. The van der Waals surface area contributed by atoms with Crippen LogP contribution in [0.25, 0.3) is 0 Å². The van der Waals surface area contributed by atoms with Crippen molar-refractivity contribution in [3.8, 4) is 0 Å². The van der Waals surface area contributed by atoms with Gasteiger partial charge in [-0.3, -0.25) is 18.6 Å². The molecule has 0 fully saturated rings. The molecule has 0 amide bonds. The van der Waals surface area contributed by atoms with E-state index in [4.69, 9.17) is 19.1 Å². The predicted molar refractivity (Wildman–Crippen MR) is 216 cm³/mol. The third kappa shape index (κ3) is 36.6. The fourth-order valence-corrected chi connectivity index (χ4v) is 5.87. The number of hydrogen-bond acceptors (Lipinski definition) is 10. The Hall–Kier alpha value is -2.37. The summed E-state index contributed by atoms with van der Waals surface area (Å²) < 4.78 is 32.6. The Kier molecular flexibility index (Phi) is 35.9. The van der Waals surface area contributed by atoms with Crippen molar-refractivity contribution in [1.29, 1.82) is 0 Å². The number of aliphatic hydroxyl groups is 3. The van der Waals surface area contributed by atoms with Gasteiger partial charge in [-0.1, -0.05) is 132 Å². The third-order valence-electron chi connectivity index (χ3n) is 8.26. The lowest BCUT2D eigenvalue weighted by molar-refractivity contribution is -0.161. The van der Waals surface area contributed by atoms with Crippen LogP contribution >= 0.6 is 7.82 Å². The Morgan fingerprint density at radius 3 is 1.72 bits per heavy atom. The van der Waals surface area contributed by atoms with Crippen LogP contribution in [-0.2, 0) is 32.7 Å². The second kappa shape index (κ2) is 37.5. The number of phosphoric acid groups is 1. The number of esters is 2. The van der Waals surface area contributed by atoms with Crippen LogP contribution in [-0.4, -0.2) is 76.9 Å². The SMILES string of the molecule is CC/C=C/CC(O)/C=C/C=C/CCCCCCCC(=O)OC[C@H](COP(=O)(O)OC[C@@H](O)CO)OC(=O)CCCCCCC/C=C\C=C/CCCCCC. The van der Waals surface area contributed by atoms with E-state index in [2.05, 4.69) is 48.8 Å². The summed E-state index contributed by atoms with van der Waals surface area (Å²) in [5.74, 6) is -1.00. The monoisotopic (exact) mass is 784 g/mol. The minimum Gasteiger partial charge on any atom is -0.462 e. The van der Waals surface area contributed by atoms with Crippen LogP contribution in [0.4, 0.5) is 0 Å². The molecule has 54 heavy (non-hydrogen) atoms. The minimum absolute atomic E-state index is 0.149. The molecule has 0 rings (SSSR count). The quantitative estimate of drug-likeness (QED) is 0.0156. The van der Waals surface area contributed by atoms with Gasteiger partial charge in [-0.15, -0.1) is 0 Å². The van der Waals surface area contributed by atoms with Crippen molar-refractivity contribution >= 4 is 19.8 Å². The Morgan fingerprint density at radius 2 is 1.15 bits per heavy atom. The van der Waals surface area contributed by atoms with Crippen molar-refractivity contribution in [2.75, 3.05) is 26.4 Å². The van der Waals surface area contributed by atoms with E-state index in [0.717, 1.165) is 77.0 Å². The van der Waals surface area contributed by atoms with Gasteiger partial charge in [-0.2, -0.15) is 0 Å². The first-order valence-electron chi connectivity index (χ1n) is 20.4. The molecule has 0 radical (unpaired) electrons. The molecule has 0 spiro atoms. The normalized spacial score (nSPS) is 15.1. The van der Waals surface area contributed by atoms with Gasteiger partial charge >= 0.3 is 19.8 Å². The van der Waals surface area contributed by atoms with Crippen LogP contribution in [0.5, 0.6) is 0 Å². The van der Waals surface area contributed by atoms with Crippen molar-refractivity contribution in [2.24, 2.45) is 0 Å². The van der Waals surface area contributed by atoms with E-state index in [0.29, 0.717) is 19.3 Å². The van der Waals surface area contributed by atoms with E-state index in [1.807, 2.05) is 24.3 Å². The summed E-state index contributed by atoms with van der Waals surface area (Å²) in [5.41, 5.74) is 0. The standard InChI is InChI=1S/C42H73O11P/c1-3-5-7-8-9-10-11-12-13-14-15-18-22-25-29-33-42(47)53-40(37-52-54(48,49)51-35-39(45)34-43)36-50-41(46)32-28-24-21-19-16-17-20-23-27-31-38(44)30-26-6-4-2/h6,10-13,20,23,26-27,31,38-40,43-45H,3-5,7-9,14-19,21-22,24-25,28-30,32-37H2,1-2H3,(H,48,49)/b11-10-,13-12-,23-20+,26-6+,31-27+/t38?,39-,40+/m0/s1. The van der Waals surface area contributed by atoms with Crippen LogP contribution in [0.1, 0.15) is 149 Å². The molecule has 4 atom stereocenters. The number of ether oxygens (including phenoxy) is 2. The lowest BCUT2D eigenvalue weighted by Crippen LogP contribution is -2.29. The third-order valence-corrected chi connectivity index (χ3v) is 9.21. The first kappa shape index (κ1) is 51.6. The maximum absolute atomic E-state index is 12.6. The second-order valence-corrected chi connectivity index (χ2v) is 15.0. The molecule has 0 aliphatic carbocycles. The molecule has 4 N–H and O–H groups in total. The highest BCUT2D eigenvalue weighted by atomic mass is 31.2. The summed E-state index contributed by atoms with van der Waals surface area (Å²) in [6, 6.07) is 0. The van der Waals surface area contributed by atoms with E-state index in [1.54, 1.807) is 6.08 Å². The Morgan fingerprint density at radius 1 is 0.630 bits per heavy atom. The van der Waals surface area contributed by atoms with Gasteiger partial charge in [-0.05, 0) is 64.2 Å². The Labute approximate surface area is 326 Å². The van der Waals surface area contributed by atoms with Crippen molar-refractivity contribution in [2.45, 2.75) is 167 Å². The van der Waals surface area contributed by atoms with Crippen LogP contribution in [0.3, 0.4) is 0 Å². The van der Waals surface area contributed by atoms with Crippen LogP contribution in [0.15, 0.2) is 60.8 Å². The number of aliphatic hydroxyl groups excluding tert-OH is 3. The maximum Gasteiger partial charge on any atom is 0.472 e. The highest BCUT2D eigenvalue weighted by Gasteiger charge is 2.27. The van der Waals surface area contributed by atoms with Crippen molar-refractivity contribution in [1.82, 2.24) is 0 Å². The average Bonchev–Trinajstić information content (AvgIpc) is 3.15. The molecule has 0 saturated carbocycles. The molecule has 0 heterocycles. The van der Waals surface area contributed by atoms with E-state index in [1.165, 1.54) is 25.7 Å². The molecular weight excluding hydrogens is 711 g/mol. The topological polar surface area (TPSA) is 169 Å². The van der Waals surface area contributed by atoms with Crippen LogP contribution < -0.4 is 0 Å². The second-order valence-electron chi connectivity index (χ2n) is 13.5. The fraction of sp³-hybridized carbons (Fsp3) is 0.714. The Bertz CT molecular complexity index is 1100. The number of hydrogen-bond donors (Lipinski definition) is 4. The predicted octanol–water partition coefficient (Wildman–Crippen LogP) is 9.30. The molecule has 0 aromatic carbocycles. The molecule has 0 aromatic rings. The number of allylic oxidation sites excluding steroid dienone is 8. The molecule has 0 aromatic heterocycles. The molecule has 312 valence electrons. The minimum atomic E-state index is -4.64. The smallest absolute Gasteiger partial charge is 0.462 e. The maximum atomic E-state index is 12.6. The summed E-state index contributed by atoms with van der Waals surface area (Å²) in [4.78, 5) is 34.9. The summed E-state index contributed by atoms with van der Waals surface area (Å²) in [7, 11) is -4.64. The summed E-state index contributed by atoms with van der Waals surface area (Å²) in [5, 5.41) is 28.2. The zero-order chi connectivity index (χ0) is 40.0. The zero-order valence-corrected chi connectivity index (χ0v) is 34.2. The molecule has 0 saturated heterocycles. The number of unbranched alkanes of at least 4 members (excludes halogenated alkanes) is 14. The van der Waals surface area contributed by atoms with Gasteiger partial charge in [-0.25, -0.2) is 4.57 Å². The molecule has 0 aliphatic rings. The van der Waals surface area contributed by atoms with Gasteiger partial charge in [0.25, 0.3) is 0 Å². The van der Waals surface area contributed by atoms with Gasteiger partial charge in [0.05, 0.1) is 25.9 Å². The summed E-state index contributed by atoms with van der Waals surface area (Å²) >= 11 is 0. The summed E-state index contributed by atoms with van der Waals surface area (Å²) in [6.07, 6.45) is 36.6. The molecule has 2 unspecified atom stereocenters. The number of rotatable bonds is 37. The Balaban J connectivity index is 4.44. The van der Waals surface area contributed by atoms with Gasteiger partial charge < -0.3 is 29.7 Å². The van der Waals surface area contributed by atoms with Gasteiger partial charge in [0.1, 0.15) is 12.7 Å². The molecule has 0 bridgehead atoms. The van der Waals surface area contributed by atoms with E-state index in [-0.39, 0.29) is 19.4 Å².